The number of sulfonamides is 1. The van der Waals surface area contributed by atoms with E-state index in [0.717, 1.165) is 10.00 Å². The van der Waals surface area contributed by atoms with Crippen LogP contribution < -0.4 is 5.32 Å². The highest BCUT2D eigenvalue weighted by molar-refractivity contribution is 7.89. The van der Waals surface area contributed by atoms with Gasteiger partial charge >= 0.3 is 0 Å². The molecule has 1 amide bonds. The molecule has 1 N–H and O–H groups in total. The molecule has 0 unspecified atom stereocenters. The standard InChI is InChI=1S/C19H29N5O3S/c1-18(2,3)15-11-16(24(22-15)19(4,5)6)21-17(25)13-23(7)28(26,27)14-9-8-10-20-12-14/h8-12H,13H2,1-7H3,(H,21,25). The Kier molecular flexibility index (Phi) is 6.01. The summed E-state index contributed by atoms with van der Waals surface area (Å²) in [7, 11) is -2.43. The third-order valence-electron chi connectivity index (χ3n) is 4.09. The van der Waals surface area contributed by atoms with E-state index < -0.39 is 15.9 Å². The van der Waals surface area contributed by atoms with Gasteiger partial charge in [0.2, 0.25) is 15.9 Å². The first-order valence-electron chi connectivity index (χ1n) is 9.00. The minimum Gasteiger partial charge on any atom is -0.310 e. The lowest BCUT2D eigenvalue weighted by molar-refractivity contribution is -0.116. The molecule has 0 spiro atoms. The number of carbonyl (C=O) groups excluding carboxylic acids is 1. The van der Waals surface area contributed by atoms with E-state index in [1.807, 2.05) is 47.6 Å². The monoisotopic (exact) mass is 407 g/mol. The fourth-order valence-corrected chi connectivity index (χ4v) is 3.59. The molecule has 0 aromatic carbocycles. The lowest BCUT2D eigenvalue weighted by Gasteiger charge is -2.23. The Bertz CT molecular complexity index is 938. The molecule has 0 fully saturated rings. The molecule has 9 heteroatoms. The van der Waals surface area contributed by atoms with Crippen molar-refractivity contribution in [3.63, 3.8) is 0 Å². The van der Waals surface area contributed by atoms with Gasteiger partial charge in [-0.05, 0) is 32.9 Å². The van der Waals surface area contributed by atoms with Crippen molar-refractivity contribution >= 4 is 21.7 Å². The highest BCUT2D eigenvalue weighted by Crippen LogP contribution is 2.28. The van der Waals surface area contributed by atoms with Crippen molar-refractivity contribution in [3.05, 3.63) is 36.3 Å². The van der Waals surface area contributed by atoms with Crippen LogP contribution in [0.3, 0.4) is 0 Å². The van der Waals surface area contributed by atoms with Crippen LogP contribution >= 0.6 is 0 Å². The number of likely N-dealkylation sites (N-methyl/N-ethyl adjacent to an activating group) is 1. The van der Waals surface area contributed by atoms with Crippen LogP contribution in [0.2, 0.25) is 0 Å². The van der Waals surface area contributed by atoms with E-state index in [1.54, 1.807) is 4.68 Å². The fourth-order valence-electron chi connectivity index (χ4n) is 2.50. The van der Waals surface area contributed by atoms with Gasteiger partial charge in [-0.1, -0.05) is 20.8 Å². The molecule has 0 aliphatic rings. The van der Waals surface area contributed by atoms with Crippen molar-refractivity contribution in [3.8, 4) is 0 Å². The topological polar surface area (TPSA) is 97.2 Å². The molecule has 0 aliphatic heterocycles. The van der Waals surface area contributed by atoms with E-state index >= 15 is 0 Å². The second kappa shape index (κ2) is 7.63. The molecule has 154 valence electrons. The van der Waals surface area contributed by atoms with E-state index in [4.69, 9.17) is 0 Å². The molecule has 2 heterocycles. The molecule has 8 nitrogen and oxygen atoms in total. The van der Waals surface area contributed by atoms with Crippen LogP contribution in [0.1, 0.15) is 47.2 Å². The normalized spacial score (nSPS) is 13.0. The van der Waals surface area contributed by atoms with Gasteiger partial charge in [-0.15, -0.1) is 0 Å². The third kappa shape index (κ3) is 4.96. The summed E-state index contributed by atoms with van der Waals surface area (Å²) in [5, 5.41) is 7.45. The largest absolute Gasteiger partial charge is 0.310 e. The molecule has 28 heavy (non-hydrogen) atoms. The Morgan fingerprint density at radius 1 is 1.21 bits per heavy atom. The zero-order chi connectivity index (χ0) is 21.3. The number of amides is 1. The maximum absolute atomic E-state index is 12.6. The smallest absolute Gasteiger partial charge is 0.244 e. The molecule has 0 aliphatic carbocycles. The Morgan fingerprint density at radius 2 is 1.86 bits per heavy atom. The average molecular weight is 408 g/mol. The summed E-state index contributed by atoms with van der Waals surface area (Å²) in [6.45, 7) is 11.8. The van der Waals surface area contributed by atoms with Crippen LogP contribution in [0, 0.1) is 0 Å². The van der Waals surface area contributed by atoms with E-state index in [-0.39, 0.29) is 22.4 Å². The van der Waals surface area contributed by atoms with E-state index in [2.05, 4.69) is 15.4 Å². The summed E-state index contributed by atoms with van der Waals surface area (Å²) in [5.41, 5.74) is 0.310. The quantitative estimate of drug-likeness (QED) is 0.822. The van der Waals surface area contributed by atoms with E-state index in [1.165, 1.54) is 31.6 Å². The predicted molar refractivity (Wildman–Crippen MR) is 109 cm³/mol. The molecule has 2 aromatic heterocycles. The van der Waals surface area contributed by atoms with Gasteiger partial charge in [0.25, 0.3) is 0 Å². The summed E-state index contributed by atoms with van der Waals surface area (Å²) in [6.07, 6.45) is 2.75. The number of anilines is 1. The van der Waals surface area contributed by atoms with Gasteiger partial charge in [-0.2, -0.15) is 9.40 Å². The van der Waals surface area contributed by atoms with Crippen LogP contribution in [0.5, 0.6) is 0 Å². The number of hydrogen-bond donors (Lipinski definition) is 1. The first-order valence-corrected chi connectivity index (χ1v) is 10.4. The van der Waals surface area contributed by atoms with Gasteiger partial charge in [-0.3, -0.25) is 9.78 Å². The molecular weight excluding hydrogens is 378 g/mol. The minimum atomic E-state index is -3.80. The van der Waals surface area contributed by atoms with E-state index in [9.17, 15) is 13.2 Å². The van der Waals surface area contributed by atoms with E-state index in [0.29, 0.717) is 5.82 Å². The predicted octanol–water partition coefficient (Wildman–Crippen LogP) is 2.59. The van der Waals surface area contributed by atoms with Crippen LogP contribution in [0.4, 0.5) is 5.82 Å². The van der Waals surface area contributed by atoms with Crippen molar-refractivity contribution in [1.29, 1.82) is 0 Å². The highest BCUT2D eigenvalue weighted by Gasteiger charge is 2.27. The van der Waals surface area contributed by atoms with Gasteiger partial charge in [0.05, 0.1) is 17.8 Å². The summed E-state index contributed by atoms with van der Waals surface area (Å²) < 4.78 is 27.9. The Labute approximate surface area is 167 Å². The molecule has 2 aromatic rings. The fraction of sp³-hybridized carbons (Fsp3) is 0.526. The first kappa shape index (κ1) is 22.0. The van der Waals surface area contributed by atoms with Crippen molar-refractivity contribution < 1.29 is 13.2 Å². The molecule has 0 atom stereocenters. The van der Waals surface area contributed by atoms with Crippen molar-refractivity contribution in [1.82, 2.24) is 19.1 Å². The van der Waals surface area contributed by atoms with Gasteiger partial charge < -0.3 is 5.32 Å². The molecule has 0 saturated heterocycles. The second-order valence-electron chi connectivity index (χ2n) is 8.75. The Morgan fingerprint density at radius 3 is 2.36 bits per heavy atom. The van der Waals surface area contributed by atoms with Crippen LogP contribution in [0.15, 0.2) is 35.5 Å². The van der Waals surface area contributed by atoms with Gasteiger partial charge in [0.15, 0.2) is 0 Å². The Balaban J connectivity index is 2.22. The van der Waals surface area contributed by atoms with Gasteiger partial charge in [-0.25, -0.2) is 13.1 Å². The van der Waals surface area contributed by atoms with Crippen LogP contribution in [-0.2, 0) is 25.8 Å². The van der Waals surface area contributed by atoms with Gasteiger partial charge in [0, 0.05) is 30.9 Å². The summed E-state index contributed by atoms with van der Waals surface area (Å²) in [6, 6.07) is 4.82. The molecular formula is C19H29N5O3S. The minimum absolute atomic E-state index is 0.0417. The number of nitrogens with zero attached hydrogens (tertiary/aromatic N) is 4. The van der Waals surface area contributed by atoms with Crippen molar-refractivity contribution in [2.24, 2.45) is 0 Å². The number of carbonyl (C=O) groups is 1. The number of pyridine rings is 1. The lowest BCUT2D eigenvalue weighted by atomic mass is 9.92. The highest BCUT2D eigenvalue weighted by atomic mass is 32.2. The number of nitrogens with one attached hydrogen (secondary N) is 1. The molecule has 0 bridgehead atoms. The summed E-state index contributed by atoms with van der Waals surface area (Å²) in [5.74, 6) is 0.0930. The summed E-state index contributed by atoms with van der Waals surface area (Å²) >= 11 is 0. The van der Waals surface area contributed by atoms with Crippen molar-refractivity contribution in [2.45, 2.75) is 57.4 Å². The van der Waals surface area contributed by atoms with Crippen molar-refractivity contribution in [2.75, 3.05) is 18.9 Å². The molecule has 0 radical (unpaired) electrons. The first-order chi connectivity index (χ1) is 12.7. The average Bonchev–Trinajstić information content (AvgIpc) is 2.99. The number of rotatable bonds is 5. The number of aromatic nitrogens is 3. The zero-order valence-electron chi connectivity index (χ0n) is 17.5. The molecule has 0 saturated carbocycles. The van der Waals surface area contributed by atoms with Crippen LogP contribution in [0.25, 0.3) is 0 Å². The van der Waals surface area contributed by atoms with Crippen LogP contribution in [-0.4, -0.2) is 47.0 Å². The summed E-state index contributed by atoms with van der Waals surface area (Å²) in [4.78, 5) is 16.4. The van der Waals surface area contributed by atoms with Gasteiger partial charge in [0.1, 0.15) is 10.7 Å². The Hall–Kier alpha value is -2.26. The number of hydrogen-bond acceptors (Lipinski definition) is 5. The maximum atomic E-state index is 12.6. The molecule has 2 rings (SSSR count). The second-order valence-corrected chi connectivity index (χ2v) is 10.8. The lowest BCUT2D eigenvalue weighted by Crippen LogP contribution is -2.36. The third-order valence-corrected chi connectivity index (χ3v) is 5.88. The SMILES string of the molecule is CN(CC(=O)Nc1cc(C(C)(C)C)nn1C(C)(C)C)S(=O)(=O)c1cccnc1. The zero-order valence-corrected chi connectivity index (χ0v) is 18.3. The maximum Gasteiger partial charge on any atom is 0.244 e.